The Morgan fingerprint density at radius 3 is 2.58 bits per heavy atom. The van der Waals surface area contributed by atoms with E-state index >= 15 is 0 Å². The molecule has 3 aromatic rings. The lowest BCUT2D eigenvalue weighted by molar-refractivity contribution is 0.246. The first-order valence-corrected chi connectivity index (χ1v) is 9.13. The van der Waals surface area contributed by atoms with Crippen LogP contribution in [0.25, 0.3) is 11.0 Å². The van der Waals surface area contributed by atoms with Crippen molar-refractivity contribution in [3.63, 3.8) is 0 Å². The molecule has 2 heterocycles. The van der Waals surface area contributed by atoms with Crippen molar-refractivity contribution in [2.24, 2.45) is 0 Å². The van der Waals surface area contributed by atoms with Gasteiger partial charge in [-0.15, -0.1) is 0 Å². The number of nitrogens with one attached hydrogen (secondary N) is 1. The summed E-state index contributed by atoms with van der Waals surface area (Å²) >= 11 is 0. The lowest BCUT2D eigenvalue weighted by atomic mass is 10.1. The summed E-state index contributed by atoms with van der Waals surface area (Å²) in [7, 11) is 0. The van der Waals surface area contributed by atoms with Crippen LogP contribution in [0, 0.1) is 13.8 Å². The van der Waals surface area contributed by atoms with E-state index in [0.717, 1.165) is 37.2 Å². The number of aromatic amines is 1. The number of H-pyrrole nitrogens is 1. The number of benzene rings is 2. The molecular formula is C21H24N4O. The minimum atomic E-state index is -0.0829. The third-order valence-electron chi connectivity index (χ3n) is 5.11. The average molecular weight is 348 g/mol. The van der Waals surface area contributed by atoms with Gasteiger partial charge >= 0.3 is 0 Å². The first-order valence-electron chi connectivity index (χ1n) is 9.13. The predicted octanol–water partition coefficient (Wildman–Crippen LogP) is 2.86. The summed E-state index contributed by atoms with van der Waals surface area (Å²) in [5.74, 6) is 0. The van der Waals surface area contributed by atoms with Crippen molar-refractivity contribution in [3.05, 3.63) is 69.6 Å². The maximum atomic E-state index is 12.3. The van der Waals surface area contributed by atoms with Gasteiger partial charge in [-0.2, -0.15) is 0 Å². The van der Waals surface area contributed by atoms with Crippen molar-refractivity contribution in [1.82, 2.24) is 14.9 Å². The first-order chi connectivity index (χ1) is 12.6. The second-order valence-corrected chi connectivity index (χ2v) is 7.08. The molecule has 134 valence electrons. The number of aromatic nitrogens is 2. The number of hydrogen-bond donors (Lipinski definition) is 1. The molecule has 1 saturated heterocycles. The molecule has 0 radical (unpaired) electrons. The second kappa shape index (κ2) is 6.92. The topological polar surface area (TPSA) is 52.2 Å². The van der Waals surface area contributed by atoms with Crippen molar-refractivity contribution in [1.29, 1.82) is 0 Å². The Morgan fingerprint density at radius 2 is 1.81 bits per heavy atom. The second-order valence-electron chi connectivity index (χ2n) is 7.08. The summed E-state index contributed by atoms with van der Waals surface area (Å²) < 4.78 is 0. The van der Waals surface area contributed by atoms with Crippen molar-refractivity contribution >= 4 is 16.7 Å². The van der Waals surface area contributed by atoms with Crippen LogP contribution in [-0.4, -0.2) is 41.0 Å². The minimum Gasteiger partial charge on any atom is -0.369 e. The number of anilines is 1. The van der Waals surface area contributed by atoms with Gasteiger partial charge in [0, 0.05) is 38.4 Å². The first kappa shape index (κ1) is 16.8. The summed E-state index contributed by atoms with van der Waals surface area (Å²) in [6, 6.07) is 14.3. The quantitative estimate of drug-likeness (QED) is 0.791. The third-order valence-corrected chi connectivity index (χ3v) is 5.11. The van der Waals surface area contributed by atoms with Crippen molar-refractivity contribution < 1.29 is 0 Å². The van der Waals surface area contributed by atoms with E-state index < -0.39 is 0 Å². The van der Waals surface area contributed by atoms with Gasteiger partial charge in [-0.3, -0.25) is 9.69 Å². The van der Waals surface area contributed by atoms with Crippen LogP contribution < -0.4 is 10.5 Å². The van der Waals surface area contributed by atoms with Crippen LogP contribution in [0.15, 0.2) is 47.3 Å². The number of rotatable bonds is 3. The molecule has 0 saturated carbocycles. The van der Waals surface area contributed by atoms with Gasteiger partial charge in [-0.25, -0.2) is 4.98 Å². The molecule has 2 aromatic carbocycles. The van der Waals surface area contributed by atoms with Crippen LogP contribution in [0.1, 0.15) is 16.8 Å². The van der Waals surface area contributed by atoms with E-state index in [0.29, 0.717) is 12.2 Å². The molecule has 0 amide bonds. The highest BCUT2D eigenvalue weighted by Gasteiger charge is 2.20. The summed E-state index contributed by atoms with van der Waals surface area (Å²) in [4.78, 5) is 24.6. The zero-order valence-electron chi connectivity index (χ0n) is 15.3. The highest BCUT2D eigenvalue weighted by molar-refractivity contribution is 5.73. The van der Waals surface area contributed by atoms with Crippen molar-refractivity contribution in [3.8, 4) is 0 Å². The van der Waals surface area contributed by atoms with Gasteiger partial charge in [0.15, 0.2) is 0 Å². The van der Waals surface area contributed by atoms with Crippen molar-refractivity contribution in [2.45, 2.75) is 20.4 Å². The molecule has 0 bridgehead atoms. The lowest BCUT2D eigenvalue weighted by Gasteiger charge is -2.36. The predicted molar refractivity (Wildman–Crippen MR) is 106 cm³/mol. The number of piperazine rings is 1. The zero-order chi connectivity index (χ0) is 18.1. The number of hydrogen-bond acceptors (Lipinski definition) is 4. The molecule has 1 N–H and O–H groups in total. The van der Waals surface area contributed by atoms with Crippen LogP contribution in [-0.2, 0) is 6.54 Å². The molecule has 1 aromatic heterocycles. The van der Waals surface area contributed by atoms with Gasteiger partial charge in [0.05, 0.1) is 11.0 Å². The molecule has 0 spiro atoms. The van der Waals surface area contributed by atoms with Gasteiger partial charge < -0.3 is 9.88 Å². The summed E-state index contributed by atoms with van der Waals surface area (Å²) in [5, 5.41) is 0. The van der Waals surface area contributed by atoms with Gasteiger partial charge in [0.1, 0.15) is 5.69 Å². The van der Waals surface area contributed by atoms with Gasteiger partial charge in [0.2, 0.25) is 0 Å². The minimum absolute atomic E-state index is 0.0829. The standard InChI is InChI=1S/C21H24N4O/c1-15-7-8-20(16(2)13-15)25-11-9-24(10-12-25)14-19-21(26)23-18-6-4-3-5-17(18)22-19/h3-8,13H,9-12,14H2,1-2H3,(H,23,26). The van der Waals surface area contributed by atoms with Crippen LogP contribution in [0.2, 0.25) is 0 Å². The van der Waals surface area contributed by atoms with Gasteiger partial charge in [-0.1, -0.05) is 29.8 Å². The SMILES string of the molecule is Cc1ccc(N2CCN(Cc3nc4ccccc4[nH]c3=O)CC2)c(C)c1. The molecule has 5 nitrogen and oxygen atoms in total. The summed E-state index contributed by atoms with van der Waals surface area (Å²) in [5.41, 5.74) is 6.09. The maximum Gasteiger partial charge on any atom is 0.271 e. The van der Waals surface area contributed by atoms with E-state index in [1.165, 1.54) is 16.8 Å². The van der Waals surface area contributed by atoms with E-state index in [1.807, 2.05) is 24.3 Å². The molecule has 0 unspecified atom stereocenters. The van der Waals surface area contributed by atoms with Crippen LogP contribution >= 0.6 is 0 Å². The molecule has 4 rings (SSSR count). The summed E-state index contributed by atoms with van der Waals surface area (Å²) in [6.45, 7) is 8.70. The Morgan fingerprint density at radius 1 is 1.04 bits per heavy atom. The van der Waals surface area contributed by atoms with Crippen LogP contribution in [0.5, 0.6) is 0 Å². The number of aryl methyl sites for hydroxylation is 2. The van der Waals surface area contributed by atoms with Gasteiger partial charge in [0.25, 0.3) is 5.56 Å². The number of fused-ring (bicyclic) bond motifs is 1. The Labute approximate surface area is 153 Å². The molecular weight excluding hydrogens is 324 g/mol. The third kappa shape index (κ3) is 3.35. The van der Waals surface area contributed by atoms with Crippen LogP contribution in [0.3, 0.4) is 0 Å². The molecule has 1 aliphatic heterocycles. The van der Waals surface area contributed by atoms with E-state index in [-0.39, 0.29) is 5.56 Å². The Kier molecular flexibility index (Phi) is 4.47. The fraction of sp³-hybridized carbons (Fsp3) is 0.333. The maximum absolute atomic E-state index is 12.3. The summed E-state index contributed by atoms with van der Waals surface area (Å²) in [6.07, 6.45) is 0. The fourth-order valence-electron chi connectivity index (χ4n) is 3.69. The smallest absolute Gasteiger partial charge is 0.271 e. The van der Waals surface area contributed by atoms with E-state index in [1.54, 1.807) is 0 Å². The molecule has 1 fully saturated rings. The average Bonchev–Trinajstić information content (AvgIpc) is 2.63. The van der Waals surface area contributed by atoms with E-state index in [4.69, 9.17) is 0 Å². The molecule has 26 heavy (non-hydrogen) atoms. The van der Waals surface area contributed by atoms with Crippen molar-refractivity contribution in [2.75, 3.05) is 31.1 Å². The zero-order valence-corrected chi connectivity index (χ0v) is 15.3. The van der Waals surface area contributed by atoms with Gasteiger partial charge in [-0.05, 0) is 37.6 Å². The van der Waals surface area contributed by atoms with Crippen LogP contribution in [0.4, 0.5) is 5.69 Å². The molecule has 1 aliphatic rings. The molecule has 0 aliphatic carbocycles. The molecule has 0 atom stereocenters. The van der Waals surface area contributed by atoms with E-state index in [2.05, 4.69) is 51.8 Å². The number of para-hydroxylation sites is 2. The monoisotopic (exact) mass is 348 g/mol. The van der Waals surface area contributed by atoms with E-state index in [9.17, 15) is 4.79 Å². The highest BCUT2D eigenvalue weighted by atomic mass is 16.1. The Balaban J connectivity index is 1.45. The largest absolute Gasteiger partial charge is 0.369 e. The Bertz CT molecular complexity index is 987. The lowest BCUT2D eigenvalue weighted by Crippen LogP contribution is -2.46. The fourth-order valence-corrected chi connectivity index (χ4v) is 3.69. The highest BCUT2D eigenvalue weighted by Crippen LogP contribution is 2.22. The Hall–Kier alpha value is -2.66. The molecule has 5 heteroatoms. The normalized spacial score (nSPS) is 15.5. The number of nitrogens with zero attached hydrogens (tertiary/aromatic N) is 3.